The molecule has 2 amide bonds. The van der Waals surface area contributed by atoms with Crippen molar-refractivity contribution in [1.29, 1.82) is 0 Å². The molecule has 0 saturated carbocycles. The van der Waals surface area contributed by atoms with Crippen LogP contribution in [0.15, 0.2) is 29.0 Å². The summed E-state index contributed by atoms with van der Waals surface area (Å²) in [5.74, 6) is -0.354. The zero-order valence-electron chi connectivity index (χ0n) is 11.3. The maximum absolute atomic E-state index is 12.1. The number of imide groups is 1. The molecule has 1 aliphatic heterocycles. The van der Waals surface area contributed by atoms with E-state index in [0.717, 1.165) is 15.7 Å². The molecule has 2 aromatic heterocycles. The third-order valence-corrected chi connectivity index (χ3v) is 3.96. The van der Waals surface area contributed by atoms with E-state index in [1.54, 1.807) is 18.5 Å². The first-order valence-corrected chi connectivity index (χ1v) is 7.33. The molecule has 0 radical (unpaired) electrons. The van der Waals surface area contributed by atoms with Gasteiger partial charge in [-0.3, -0.25) is 24.5 Å². The molecule has 0 bridgehead atoms. The molecule has 1 N–H and O–H groups in total. The number of hydrogen-bond acceptors (Lipinski definition) is 5. The third kappa shape index (κ3) is 2.61. The van der Waals surface area contributed by atoms with Crippen LogP contribution < -0.4 is 5.32 Å². The highest BCUT2D eigenvalue weighted by Crippen LogP contribution is 2.24. The van der Waals surface area contributed by atoms with Crippen LogP contribution in [0.4, 0.5) is 5.69 Å². The fourth-order valence-corrected chi connectivity index (χ4v) is 2.68. The summed E-state index contributed by atoms with van der Waals surface area (Å²) in [6.07, 6.45) is 4.21. The molecule has 0 aliphatic carbocycles. The molecule has 0 spiro atoms. The smallest absolute Gasteiger partial charge is 0.251 e. The van der Waals surface area contributed by atoms with Gasteiger partial charge in [0.2, 0.25) is 5.91 Å². The standard InChI is InChI=1S/C14H13BrN4O2/c1-19-12(20)3-2-10(14(19)21)18-9-4-5-16-11-6-8(15)7-17-13(9)11/h4-7,10H,2-3H2,1H3,(H,16,18). The third-order valence-electron chi connectivity index (χ3n) is 3.52. The van der Waals surface area contributed by atoms with Gasteiger partial charge >= 0.3 is 0 Å². The number of nitrogens with zero attached hydrogens (tertiary/aromatic N) is 3. The summed E-state index contributed by atoms with van der Waals surface area (Å²) in [6.45, 7) is 0. The molecule has 1 aliphatic rings. The highest BCUT2D eigenvalue weighted by atomic mass is 79.9. The van der Waals surface area contributed by atoms with Crippen molar-refractivity contribution in [1.82, 2.24) is 14.9 Å². The summed E-state index contributed by atoms with van der Waals surface area (Å²) in [4.78, 5) is 33.4. The summed E-state index contributed by atoms with van der Waals surface area (Å²) < 4.78 is 0.846. The number of amides is 2. The molecule has 6 nitrogen and oxygen atoms in total. The lowest BCUT2D eigenvalue weighted by Crippen LogP contribution is -2.48. The number of nitrogens with one attached hydrogen (secondary N) is 1. The van der Waals surface area contributed by atoms with E-state index in [4.69, 9.17) is 0 Å². The van der Waals surface area contributed by atoms with Crippen molar-refractivity contribution in [3.05, 3.63) is 29.0 Å². The van der Waals surface area contributed by atoms with Gasteiger partial charge in [0.1, 0.15) is 11.6 Å². The van der Waals surface area contributed by atoms with Crippen molar-refractivity contribution >= 4 is 44.5 Å². The normalized spacial score (nSPS) is 19.1. The van der Waals surface area contributed by atoms with E-state index in [-0.39, 0.29) is 11.8 Å². The van der Waals surface area contributed by atoms with Crippen LogP contribution in [-0.2, 0) is 9.59 Å². The van der Waals surface area contributed by atoms with E-state index >= 15 is 0 Å². The molecular weight excluding hydrogens is 336 g/mol. The lowest BCUT2D eigenvalue weighted by atomic mass is 10.0. The first-order valence-electron chi connectivity index (χ1n) is 6.53. The van der Waals surface area contributed by atoms with Gasteiger partial charge in [-0.05, 0) is 34.5 Å². The Hall–Kier alpha value is -2.02. The van der Waals surface area contributed by atoms with Crippen molar-refractivity contribution in [3.8, 4) is 0 Å². The summed E-state index contributed by atoms with van der Waals surface area (Å²) in [7, 11) is 1.51. The number of pyridine rings is 2. The number of carbonyl (C=O) groups excluding carboxylic acids is 2. The lowest BCUT2D eigenvalue weighted by molar-refractivity contribution is -0.146. The van der Waals surface area contributed by atoms with Crippen LogP contribution in [-0.4, -0.2) is 39.8 Å². The minimum atomic E-state index is -0.413. The average Bonchev–Trinajstić information content (AvgIpc) is 2.48. The number of halogens is 1. The second-order valence-electron chi connectivity index (χ2n) is 4.91. The van der Waals surface area contributed by atoms with E-state index in [1.807, 2.05) is 6.07 Å². The summed E-state index contributed by atoms with van der Waals surface area (Å²) >= 11 is 3.36. The van der Waals surface area contributed by atoms with Crippen molar-refractivity contribution in [2.24, 2.45) is 0 Å². The van der Waals surface area contributed by atoms with Gasteiger partial charge in [-0.1, -0.05) is 0 Å². The molecule has 1 fully saturated rings. The van der Waals surface area contributed by atoms with Crippen molar-refractivity contribution < 1.29 is 9.59 Å². The highest BCUT2D eigenvalue weighted by molar-refractivity contribution is 9.10. The SMILES string of the molecule is CN1C(=O)CCC(Nc2ccnc3cc(Br)cnc23)C1=O. The monoisotopic (exact) mass is 348 g/mol. The highest BCUT2D eigenvalue weighted by Gasteiger charge is 2.31. The number of likely N-dealkylation sites (N-methyl/N-ethyl adjacent to an activating group) is 1. The zero-order chi connectivity index (χ0) is 15.0. The van der Waals surface area contributed by atoms with Crippen molar-refractivity contribution in [2.45, 2.75) is 18.9 Å². The van der Waals surface area contributed by atoms with Crippen LogP contribution in [0.25, 0.3) is 11.0 Å². The molecule has 7 heteroatoms. The number of piperidine rings is 1. The molecule has 21 heavy (non-hydrogen) atoms. The topological polar surface area (TPSA) is 75.2 Å². The predicted octanol–water partition coefficient (Wildman–Crippen LogP) is 1.95. The molecule has 3 heterocycles. The maximum Gasteiger partial charge on any atom is 0.251 e. The number of rotatable bonds is 2. The van der Waals surface area contributed by atoms with Crippen molar-refractivity contribution in [2.75, 3.05) is 12.4 Å². The van der Waals surface area contributed by atoms with Gasteiger partial charge in [0.05, 0.1) is 11.2 Å². The predicted molar refractivity (Wildman–Crippen MR) is 81.7 cm³/mol. The minimum absolute atomic E-state index is 0.139. The average molecular weight is 349 g/mol. The summed E-state index contributed by atoms with van der Waals surface area (Å²) in [5, 5.41) is 3.18. The number of anilines is 1. The largest absolute Gasteiger partial charge is 0.372 e. The number of aromatic nitrogens is 2. The van der Waals surface area contributed by atoms with Crippen LogP contribution >= 0.6 is 15.9 Å². The van der Waals surface area contributed by atoms with Gasteiger partial charge in [-0.25, -0.2) is 0 Å². The summed E-state index contributed by atoms with van der Waals surface area (Å²) in [6, 6.07) is 3.24. The van der Waals surface area contributed by atoms with Gasteiger partial charge < -0.3 is 5.32 Å². The molecule has 0 aromatic carbocycles. The van der Waals surface area contributed by atoms with E-state index in [2.05, 4.69) is 31.2 Å². The Balaban J connectivity index is 1.92. The fourth-order valence-electron chi connectivity index (χ4n) is 2.36. The second-order valence-corrected chi connectivity index (χ2v) is 5.82. The Bertz CT molecular complexity index is 734. The fraction of sp³-hybridized carbons (Fsp3) is 0.286. The molecule has 1 saturated heterocycles. The van der Waals surface area contributed by atoms with Crippen LogP contribution in [0.5, 0.6) is 0 Å². The number of fused-ring (bicyclic) bond motifs is 1. The van der Waals surface area contributed by atoms with Gasteiger partial charge in [-0.2, -0.15) is 0 Å². The van der Waals surface area contributed by atoms with E-state index < -0.39 is 6.04 Å². The Morgan fingerprint density at radius 3 is 3.00 bits per heavy atom. The summed E-state index contributed by atoms with van der Waals surface area (Å²) in [5.41, 5.74) is 2.18. The maximum atomic E-state index is 12.1. The lowest BCUT2D eigenvalue weighted by Gasteiger charge is -2.28. The van der Waals surface area contributed by atoms with Crippen LogP contribution in [0, 0.1) is 0 Å². The van der Waals surface area contributed by atoms with Crippen molar-refractivity contribution in [3.63, 3.8) is 0 Å². The molecule has 1 atom stereocenters. The number of hydrogen-bond donors (Lipinski definition) is 1. The van der Waals surface area contributed by atoms with E-state index in [1.165, 1.54) is 11.9 Å². The van der Waals surface area contributed by atoms with Gasteiger partial charge in [-0.15, -0.1) is 0 Å². The first-order chi connectivity index (χ1) is 10.1. The van der Waals surface area contributed by atoms with Crippen LogP contribution in [0.1, 0.15) is 12.8 Å². The molecule has 108 valence electrons. The van der Waals surface area contributed by atoms with Crippen LogP contribution in [0.3, 0.4) is 0 Å². The Labute approximate surface area is 129 Å². The Morgan fingerprint density at radius 1 is 1.38 bits per heavy atom. The van der Waals surface area contributed by atoms with E-state index in [0.29, 0.717) is 18.4 Å². The molecular formula is C14H13BrN4O2. The number of likely N-dealkylation sites (tertiary alicyclic amines) is 1. The van der Waals surface area contributed by atoms with Crippen LogP contribution in [0.2, 0.25) is 0 Å². The number of carbonyl (C=O) groups is 2. The second kappa shape index (κ2) is 5.40. The van der Waals surface area contributed by atoms with Gasteiger partial charge in [0.15, 0.2) is 0 Å². The zero-order valence-corrected chi connectivity index (χ0v) is 12.9. The van der Waals surface area contributed by atoms with Gasteiger partial charge in [0.25, 0.3) is 5.91 Å². The molecule has 3 rings (SSSR count). The molecule has 1 unspecified atom stereocenters. The van der Waals surface area contributed by atoms with Gasteiger partial charge in [0, 0.05) is 30.3 Å². The molecule has 2 aromatic rings. The first kappa shape index (κ1) is 13.9. The Morgan fingerprint density at radius 2 is 2.19 bits per heavy atom. The quantitative estimate of drug-likeness (QED) is 0.839. The van der Waals surface area contributed by atoms with E-state index in [9.17, 15) is 9.59 Å². The minimum Gasteiger partial charge on any atom is -0.372 e. The Kier molecular flexibility index (Phi) is 3.59.